The smallest absolute Gasteiger partial charge is 0.0343 e. The van der Waals surface area contributed by atoms with Crippen molar-refractivity contribution in [3.05, 3.63) is 36.2 Å². The molecule has 1 aliphatic heterocycles. The standard InChI is InChI=1S/C23H32N2/c1-22-12-10-20-17(6-9-21-23(20,2)11-4-14-25-21)19(22)8-7-18(22)16-5-3-13-24-15-16/h3,5,7,13,15,17,19-21,25H,4,6,8-12,14H2,1-2H3/t17-,19-,20-,21?,22+,23+/m0/s1. The Hall–Kier alpha value is -1.15. The highest BCUT2D eigenvalue weighted by Crippen LogP contribution is 2.65. The topological polar surface area (TPSA) is 24.9 Å². The van der Waals surface area contributed by atoms with E-state index in [0.717, 1.165) is 23.8 Å². The van der Waals surface area contributed by atoms with Crippen LogP contribution in [0.15, 0.2) is 30.6 Å². The molecular weight excluding hydrogens is 304 g/mol. The summed E-state index contributed by atoms with van der Waals surface area (Å²) in [6.45, 7) is 6.42. The predicted molar refractivity (Wildman–Crippen MR) is 103 cm³/mol. The largest absolute Gasteiger partial charge is 0.313 e. The fourth-order valence-electron chi connectivity index (χ4n) is 7.43. The number of aromatic nitrogens is 1. The highest BCUT2D eigenvalue weighted by molar-refractivity contribution is 5.72. The normalized spacial score (nSPS) is 45.9. The number of nitrogens with one attached hydrogen (secondary N) is 1. The second-order valence-electron chi connectivity index (χ2n) is 9.62. The average molecular weight is 337 g/mol. The summed E-state index contributed by atoms with van der Waals surface area (Å²) < 4.78 is 0. The van der Waals surface area contributed by atoms with Crippen molar-refractivity contribution >= 4 is 5.57 Å². The molecule has 1 N–H and O–H groups in total. The molecule has 3 fully saturated rings. The van der Waals surface area contributed by atoms with E-state index >= 15 is 0 Å². The summed E-state index contributed by atoms with van der Waals surface area (Å²) in [5.41, 5.74) is 3.87. The maximum absolute atomic E-state index is 4.40. The van der Waals surface area contributed by atoms with Crippen LogP contribution in [0.5, 0.6) is 0 Å². The first-order valence-electron chi connectivity index (χ1n) is 10.5. The Bertz CT molecular complexity index is 681. The van der Waals surface area contributed by atoms with E-state index in [2.05, 4.69) is 48.6 Å². The second-order valence-corrected chi connectivity index (χ2v) is 9.62. The molecule has 0 aromatic carbocycles. The zero-order chi connectivity index (χ0) is 17.1. The van der Waals surface area contributed by atoms with Gasteiger partial charge in [-0.25, -0.2) is 0 Å². The van der Waals surface area contributed by atoms with Crippen LogP contribution in [0.3, 0.4) is 0 Å². The third-order valence-electron chi connectivity index (χ3n) is 8.71. The van der Waals surface area contributed by atoms with Crippen molar-refractivity contribution in [1.82, 2.24) is 10.3 Å². The van der Waals surface area contributed by atoms with Crippen LogP contribution in [0.2, 0.25) is 0 Å². The molecule has 0 spiro atoms. The highest BCUT2D eigenvalue weighted by atomic mass is 15.0. The molecule has 1 saturated heterocycles. The lowest BCUT2D eigenvalue weighted by molar-refractivity contribution is -0.0759. The van der Waals surface area contributed by atoms with Crippen LogP contribution in [0.25, 0.3) is 5.57 Å². The third-order valence-corrected chi connectivity index (χ3v) is 8.71. The minimum atomic E-state index is 0.371. The fraction of sp³-hybridized carbons (Fsp3) is 0.696. The molecule has 3 aliphatic carbocycles. The van der Waals surface area contributed by atoms with Crippen molar-refractivity contribution in [3.8, 4) is 0 Å². The lowest BCUT2D eigenvalue weighted by atomic mass is 9.47. The molecule has 0 bridgehead atoms. The predicted octanol–water partition coefficient (Wildman–Crippen LogP) is 5.07. The molecule has 25 heavy (non-hydrogen) atoms. The van der Waals surface area contributed by atoms with Crippen molar-refractivity contribution in [2.24, 2.45) is 28.6 Å². The molecule has 2 heteroatoms. The molecule has 1 unspecified atom stereocenters. The first-order valence-corrected chi connectivity index (χ1v) is 10.5. The number of nitrogens with zero attached hydrogens (tertiary/aromatic N) is 1. The number of rotatable bonds is 1. The monoisotopic (exact) mass is 336 g/mol. The Balaban J connectivity index is 1.46. The minimum absolute atomic E-state index is 0.371. The summed E-state index contributed by atoms with van der Waals surface area (Å²) in [5.74, 6) is 2.70. The van der Waals surface area contributed by atoms with Crippen molar-refractivity contribution in [3.63, 3.8) is 0 Å². The summed E-state index contributed by atoms with van der Waals surface area (Å²) in [4.78, 5) is 4.40. The summed E-state index contributed by atoms with van der Waals surface area (Å²) in [6, 6.07) is 5.14. The van der Waals surface area contributed by atoms with E-state index in [1.807, 2.05) is 6.20 Å². The van der Waals surface area contributed by atoms with Crippen LogP contribution in [-0.4, -0.2) is 17.6 Å². The molecule has 1 aromatic heterocycles. The molecule has 6 atom stereocenters. The van der Waals surface area contributed by atoms with Gasteiger partial charge in [-0.05, 0) is 97.3 Å². The second kappa shape index (κ2) is 5.67. The summed E-state index contributed by atoms with van der Waals surface area (Å²) in [7, 11) is 0. The zero-order valence-corrected chi connectivity index (χ0v) is 15.8. The molecule has 0 amide bonds. The van der Waals surface area contributed by atoms with Gasteiger partial charge in [-0.3, -0.25) is 4.98 Å². The Morgan fingerprint density at radius 1 is 1.12 bits per heavy atom. The number of piperidine rings is 1. The first-order chi connectivity index (χ1) is 12.1. The quantitative estimate of drug-likeness (QED) is 0.774. The highest BCUT2D eigenvalue weighted by Gasteiger charge is 2.58. The molecule has 5 rings (SSSR count). The molecule has 2 heterocycles. The van der Waals surface area contributed by atoms with Crippen molar-refractivity contribution in [1.29, 1.82) is 0 Å². The van der Waals surface area contributed by atoms with E-state index in [1.54, 1.807) is 5.57 Å². The van der Waals surface area contributed by atoms with E-state index in [9.17, 15) is 0 Å². The van der Waals surface area contributed by atoms with Gasteiger partial charge in [0, 0.05) is 18.4 Å². The Morgan fingerprint density at radius 3 is 2.88 bits per heavy atom. The van der Waals surface area contributed by atoms with Gasteiger partial charge in [-0.1, -0.05) is 26.0 Å². The molecule has 4 aliphatic rings. The number of fused-ring (bicyclic) bond motifs is 5. The van der Waals surface area contributed by atoms with E-state index in [1.165, 1.54) is 57.1 Å². The van der Waals surface area contributed by atoms with Crippen molar-refractivity contribution < 1.29 is 0 Å². The van der Waals surface area contributed by atoms with Crippen LogP contribution in [0.1, 0.15) is 64.4 Å². The van der Waals surface area contributed by atoms with Crippen LogP contribution in [0, 0.1) is 28.6 Å². The van der Waals surface area contributed by atoms with Gasteiger partial charge in [0.15, 0.2) is 0 Å². The summed E-state index contributed by atoms with van der Waals surface area (Å²) in [6.07, 6.45) is 16.3. The maximum atomic E-state index is 4.40. The molecule has 1 aromatic rings. The number of allylic oxidation sites excluding steroid dienone is 2. The lowest BCUT2D eigenvalue weighted by Gasteiger charge is -2.60. The molecule has 134 valence electrons. The van der Waals surface area contributed by atoms with Crippen LogP contribution in [0.4, 0.5) is 0 Å². The Labute approximate surface area is 152 Å². The third kappa shape index (κ3) is 2.22. The van der Waals surface area contributed by atoms with Gasteiger partial charge in [0.25, 0.3) is 0 Å². The number of hydrogen-bond acceptors (Lipinski definition) is 2. The van der Waals surface area contributed by atoms with Gasteiger partial charge in [-0.15, -0.1) is 0 Å². The number of hydrogen-bond donors (Lipinski definition) is 1. The first kappa shape index (κ1) is 16.1. The Kier molecular flexibility index (Phi) is 3.64. The van der Waals surface area contributed by atoms with E-state index < -0.39 is 0 Å². The minimum Gasteiger partial charge on any atom is -0.313 e. The summed E-state index contributed by atoms with van der Waals surface area (Å²) in [5, 5.41) is 3.88. The van der Waals surface area contributed by atoms with Gasteiger partial charge in [-0.2, -0.15) is 0 Å². The lowest BCUT2D eigenvalue weighted by Crippen LogP contribution is -2.59. The molecule has 2 nitrogen and oxygen atoms in total. The average Bonchev–Trinajstić information content (AvgIpc) is 2.99. The van der Waals surface area contributed by atoms with Gasteiger partial charge in [0.1, 0.15) is 0 Å². The summed E-state index contributed by atoms with van der Waals surface area (Å²) >= 11 is 0. The van der Waals surface area contributed by atoms with E-state index in [4.69, 9.17) is 0 Å². The van der Waals surface area contributed by atoms with Crippen molar-refractivity contribution in [2.75, 3.05) is 6.54 Å². The zero-order valence-electron chi connectivity index (χ0n) is 15.8. The fourth-order valence-corrected chi connectivity index (χ4v) is 7.43. The SMILES string of the molecule is C[C@]12CCCNC1CC[C@@H]1[C@@H]2CC[C@]2(C)C(c3cccnc3)=CC[C@@H]12. The van der Waals surface area contributed by atoms with Gasteiger partial charge >= 0.3 is 0 Å². The van der Waals surface area contributed by atoms with E-state index in [0.29, 0.717) is 10.8 Å². The van der Waals surface area contributed by atoms with Crippen LogP contribution < -0.4 is 5.32 Å². The molecule has 2 saturated carbocycles. The van der Waals surface area contributed by atoms with Gasteiger partial charge in [0.05, 0.1) is 0 Å². The molecule has 0 radical (unpaired) electrons. The maximum Gasteiger partial charge on any atom is 0.0343 e. The van der Waals surface area contributed by atoms with Crippen LogP contribution in [-0.2, 0) is 0 Å². The number of pyridine rings is 1. The molecular formula is C23H32N2. The van der Waals surface area contributed by atoms with Gasteiger partial charge in [0.2, 0.25) is 0 Å². The van der Waals surface area contributed by atoms with E-state index in [-0.39, 0.29) is 0 Å². The van der Waals surface area contributed by atoms with Gasteiger partial charge < -0.3 is 5.32 Å². The van der Waals surface area contributed by atoms with Crippen LogP contribution >= 0.6 is 0 Å². The Morgan fingerprint density at radius 2 is 2.04 bits per heavy atom. The van der Waals surface area contributed by atoms with Crippen molar-refractivity contribution in [2.45, 2.75) is 64.8 Å².